The van der Waals surface area contributed by atoms with Crippen LogP contribution >= 0.6 is 11.6 Å². The van der Waals surface area contributed by atoms with Crippen LogP contribution in [-0.4, -0.2) is 37.2 Å². The highest BCUT2D eigenvalue weighted by Gasteiger charge is 2.18. The van der Waals surface area contributed by atoms with Gasteiger partial charge < -0.3 is 14.8 Å². The highest BCUT2D eigenvalue weighted by atomic mass is 35.5. The first-order chi connectivity index (χ1) is 13.5. The van der Waals surface area contributed by atoms with E-state index in [2.05, 4.69) is 10.6 Å². The number of rotatable bonds is 6. The number of urea groups is 1. The van der Waals surface area contributed by atoms with Crippen LogP contribution < -0.4 is 15.4 Å². The summed E-state index contributed by atoms with van der Waals surface area (Å²) in [6, 6.07) is 10.2. The van der Waals surface area contributed by atoms with Crippen molar-refractivity contribution in [2.24, 2.45) is 0 Å². The summed E-state index contributed by atoms with van der Waals surface area (Å²) in [4.78, 5) is 35.2. The molecule has 0 unspecified atom stereocenters. The molecule has 0 bridgehead atoms. The van der Waals surface area contributed by atoms with Crippen molar-refractivity contribution in [3.8, 4) is 5.75 Å². The van der Waals surface area contributed by atoms with Gasteiger partial charge in [-0.25, -0.2) is 9.59 Å². The van der Waals surface area contributed by atoms with E-state index in [0.29, 0.717) is 10.8 Å². The van der Waals surface area contributed by atoms with E-state index in [0.717, 1.165) is 36.5 Å². The summed E-state index contributed by atoms with van der Waals surface area (Å²) >= 11 is 6.15. The largest absolute Gasteiger partial charge is 0.481 e. The second kappa shape index (κ2) is 9.41. The minimum Gasteiger partial charge on any atom is -0.481 e. The van der Waals surface area contributed by atoms with Crippen molar-refractivity contribution in [3.63, 3.8) is 0 Å². The molecule has 0 atom stereocenters. The standard InChI is InChI=1S/C20H21ClN2O5/c21-16-9-10-17(15-8-4-3-7-14(15)16)27-12-19(25)28-11-18(24)23-20(26)22-13-5-1-2-6-13/h3-4,7-10,13H,1-2,5-6,11-12H2,(H2,22,23,24,26). The zero-order valence-electron chi connectivity index (χ0n) is 15.2. The first kappa shape index (κ1) is 19.9. The first-order valence-corrected chi connectivity index (χ1v) is 9.47. The van der Waals surface area contributed by atoms with Crippen LogP contribution in [0, 0.1) is 0 Å². The topological polar surface area (TPSA) is 93.7 Å². The predicted octanol–water partition coefficient (Wildman–Crippen LogP) is 3.18. The number of esters is 1. The van der Waals surface area contributed by atoms with E-state index in [1.54, 1.807) is 12.1 Å². The normalized spacial score (nSPS) is 13.9. The highest BCUT2D eigenvalue weighted by molar-refractivity contribution is 6.35. The molecule has 1 aliphatic rings. The molecule has 7 nitrogen and oxygen atoms in total. The summed E-state index contributed by atoms with van der Waals surface area (Å²) in [6.45, 7) is -0.922. The van der Waals surface area contributed by atoms with E-state index in [-0.39, 0.29) is 12.6 Å². The molecular weight excluding hydrogens is 384 g/mol. The van der Waals surface area contributed by atoms with E-state index in [4.69, 9.17) is 21.1 Å². The molecule has 0 aromatic heterocycles. The van der Waals surface area contributed by atoms with Crippen molar-refractivity contribution in [2.75, 3.05) is 13.2 Å². The van der Waals surface area contributed by atoms with Gasteiger partial charge >= 0.3 is 12.0 Å². The van der Waals surface area contributed by atoms with Crippen LogP contribution in [0.5, 0.6) is 5.75 Å². The minimum atomic E-state index is -0.717. The average molecular weight is 405 g/mol. The van der Waals surface area contributed by atoms with E-state index in [1.807, 2.05) is 24.3 Å². The molecular formula is C20H21ClN2O5. The Morgan fingerprint density at radius 3 is 2.46 bits per heavy atom. The molecule has 0 aliphatic heterocycles. The number of hydrogen-bond donors (Lipinski definition) is 2. The van der Waals surface area contributed by atoms with Gasteiger partial charge in [0.1, 0.15) is 5.75 Å². The summed E-state index contributed by atoms with van der Waals surface area (Å²) < 4.78 is 10.3. The Hall–Kier alpha value is -2.80. The molecule has 0 radical (unpaired) electrons. The Bertz CT molecular complexity index is 880. The van der Waals surface area contributed by atoms with Gasteiger partial charge in [-0.15, -0.1) is 0 Å². The molecule has 28 heavy (non-hydrogen) atoms. The molecule has 3 rings (SSSR count). The molecule has 0 saturated heterocycles. The average Bonchev–Trinajstić information content (AvgIpc) is 3.19. The van der Waals surface area contributed by atoms with Crippen LogP contribution in [-0.2, 0) is 14.3 Å². The minimum absolute atomic E-state index is 0.0953. The third kappa shape index (κ3) is 5.36. The van der Waals surface area contributed by atoms with Crippen molar-refractivity contribution >= 4 is 40.3 Å². The Balaban J connectivity index is 1.43. The summed E-state index contributed by atoms with van der Waals surface area (Å²) in [5.41, 5.74) is 0. The number of carbonyl (C=O) groups is 3. The zero-order chi connectivity index (χ0) is 19.9. The lowest BCUT2D eigenvalue weighted by atomic mass is 10.1. The van der Waals surface area contributed by atoms with Crippen LogP contribution in [0.25, 0.3) is 10.8 Å². The molecule has 3 amide bonds. The molecule has 148 valence electrons. The van der Waals surface area contributed by atoms with Crippen LogP contribution in [0.4, 0.5) is 4.79 Å². The Morgan fingerprint density at radius 2 is 1.71 bits per heavy atom. The second-order valence-electron chi connectivity index (χ2n) is 6.54. The molecule has 0 heterocycles. The van der Waals surface area contributed by atoms with E-state index in [9.17, 15) is 14.4 Å². The Morgan fingerprint density at radius 1 is 1.00 bits per heavy atom. The Kier molecular flexibility index (Phi) is 6.71. The van der Waals surface area contributed by atoms with Crippen molar-refractivity contribution in [2.45, 2.75) is 31.7 Å². The van der Waals surface area contributed by atoms with Crippen LogP contribution in [0.15, 0.2) is 36.4 Å². The quantitative estimate of drug-likeness (QED) is 0.721. The highest BCUT2D eigenvalue weighted by Crippen LogP contribution is 2.31. The molecule has 0 spiro atoms. The number of fused-ring (bicyclic) bond motifs is 1. The third-order valence-corrected chi connectivity index (χ3v) is 4.81. The van der Waals surface area contributed by atoms with Crippen LogP contribution in [0.3, 0.4) is 0 Å². The molecule has 2 N–H and O–H groups in total. The van der Waals surface area contributed by atoms with Gasteiger partial charge in [0.15, 0.2) is 13.2 Å². The fourth-order valence-corrected chi connectivity index (χ4v) is 3.37. The predicted molar refractivity (Wildman–Crippen MR) is 104 cm³/mol. The number of nitrogens with one attached hydrogen (secondary N) is 2. The SMILES string of the molecule is O=C(COC(=O)COc1ccc(Cl)c2ccccc12)NC(=O)NC1CCCC1. The summed E-state index contributed by atoms with van der Waals surface area (Å²) in [7, 11) is 0. The fraction of sp³-hybridized carbons (Fsp3) is 0.350. The van der Waals surface area contributed by atoms with Crippen molar-refractivity contribution in [1.82, 2.24) is 10.6 Å². The third-order valence-electron chi connectivity index (χ3n) is 4.48. The molecule has 1 saturated carbocycles. The van der Waals surface area contributed by atoms with E-state index < -0.39 is 24.5 Å². The molecule has 8 heteroatoms. The Labute approximate surface area is 167 Å². The number of imide groups is 1. The monoisotopic (exact) mass is 404 g/mol. The number of benzene rings is 2. The van der Waals surface area contributed by atoms with E-state index >= 15 is 0 Å². The van der Waals surface area contributed by atoms with Gasteiger partial charge in [0.05, 0.1) is 0 Å². The summed E-state index contributed by atoms with van der Waals surface area (Å²) in [5.74, 6) is -0.927. The van der Waals surface area contributed by atoms with Crippen molar-refractivity contribution in [1.29, 1.82) is 0 Å². The lowest BCUT2D eigenvalue weighted by Crippen LogP contribution is -2.45. The van der Waals surface area contributed by atoms with Gasteiger partial charge in [-0.3, -0.25) is 10.1 Å². The van der Waals surface area contributed by atoms with Crippen molar-refractivity contribution in [3.05, 3.63) is 41.4 Å². The van der Waals surface area contributed by atoms with Crippen LogP contribution in [0.1, 0.15) is 25.7 Å². The van der Waals surface area contributed by atoms with E-state index in [1.165, 1.54) is 0 Å². The van der Waals surface area contributed by atoms with Gasteiger partial charge in [0.25, 0.3) is 5.91 Å². The maximum atomic E-state index is 11.8. The second-order valence-corrected chi connectivity index (χ2v) is 6.95. The number of ether oxygens (including phenoxy) is 2. The number of halogens is 1. The smallest absolute Gasteiger partial charge is 0.344 e. The van der Waals surface area contributed by atoms with Gasteiger partial charge in [-0.05, 0) is 25.0 Å². The molecule has 2 aromatic carbocycles. The van der Waals surface area contributed by atoms with Gasteiger partial charge in [0, 0.05) is 21.8 Å². The molecule has 2 aromatic rings. The summed E-state index contributed by atoms with van der Waals surface area (Å²) in [6.07, 6.45) is 3.96. The lowest BCUT2D eigenvalue weighted by Gasteiger charge is -2.12. The number of amides is 3. The number of hydrogen-bond acceptors (Lipinski definition) is 5. The van der Waals surface area contributed by atoms with Crippen LogP contribution in [0.2, 0.25) is 5.02 Å². The maximum Gasteiger partial charge on any atom is 0.344 e. The first-order valence-electron chi connectivity index (χ1n) is 9.09. The fourth-order valence-electron chi connectivity index (χ4n) is 3.14. The maximum absolute atomic E-state index is 11.8. The zero-order valence-corrected chi connectivity index (χ0v) is 16.0. The van der Waals surface area contributed by atoms with Crippen molar-refractivity contribution < 1.29 is 23.9 Å². The molecule has 1 aliphatic carbocycles. The molecule has 1 fully saturated rings. The lowest BCUT2D eigenvalue weighted by molar-refractivity contribution is -0.150. The van der Waals surface area contributed by atoms with Gasteiger partial charge in [-0.2, -0.15) is 0 Å². The van der Waals surface area contributed by atoms with Gasteiger partial charge in [0.2, 0.25) is 0 Å². The summed E-state index contributed by atoms with van der Waals surface area (Å²) in [5, 5.41) is 7.02. The van der Waals surface area contributed by atoms with Gasteiger partial charge in [-0.1, -0.05) is 48.7 Å². The number of carbonyl (C=O) groups excluding carboxylic acids is 3.